The molecule has 5 nitrogen and oxygen atoms in total. The van der Waals surface area contributed by atoms with Gasteiger partial charge in [0.25, 0.3) is 0 Å². The first-order valence-electron chi connectivity index (χ1n) is 7.44. The topological polar surface area (TPSA) is 58.8 Å². The monoisotopic (exact) mass is 375 g/mol. The van der Waals surface area contributed by atoms with E-state index in [4.69, 9.17) is 10.5 Å². The van der Waals surface area contributed by atoms with Crippen LogP contribution in [-0.4, -0.2) is 32.3 Å². The van der Waals surface area contributed by atoms with Crippen molar-refractivity contribution in [1.29, 1.82) is 0 Å². The summed E-state index contributed by atoms with van der Waals surface area (Å²) < 4.78 is 5.94. The highest BCUT2D eigenvalue weighted by Crippen LogP contribution is 2.24. The number of benzene rings is 2. The predicted octanol–water partition coefficient (Wildman–Crippen LogP) is 3.23. The van der Waals surface area contributed by atoms with Gasteiger partial charge in [-0.05, 0) is 48.5 Å². The van der Waals surface area contributed by atoms with Crippen molar-refractivity contribution in [2.75, 3.05) is 36.0 Å². The molecule has 1 heterocycles. The predicted molar refractivity (Wildman–Crippen MR) is 95.2 cm³/mol. The first kappa shape index (κ1) is 15.7. The van der Waals surface area contributed by atoms with E-state index in [9.17, 15) is 4.79 Å². The number of hydrogen-bond acceptors (Lipinski definition) is 4. The van der Waals surface area contributed by atoms with E-state index in [1.54, 1.807) is 12.1 Å². The van der Waals surface area contributed by atoms with E-state index >= 15 is 0 Å². The lowest BCUT2D eigenvalue weighted by Gasteiger charge is -2.37. The lowest BCUT2D eigenvalue weighted by atomic mass is 10.2. The molecule has 0 saturated carbocycles. The highest BCUT2D eigenvalue weighted by molar-refractivity contribution is 9.10. The van der Waals surface area contributed by atoms with Crippen LogP contribution in [-0.2, 0) is 0 Å². The van der Waals surface area contributed by atoms with Gasteiger partial charge in [-0.25, -0.2) is 4.79 Å². The van der Waals surface area contributed by atoms with Crippen LogP contribution in [0, 0.1) is 0 Å². The van der Waals surface area contributed by atoms with Crippen LogP contribution < -0.4 is 20.3 Å². The third-order valence-electron chi connectivity index (χ3n) is 3.89. The zero-order valence-electron chi connectivity index (χ0n) is 12.6. The van der Waals surface area contributed by atoms with Crippen molar-refractivity contribution in [1.82, 2.24) is 0 Å². The number of anilines is 2. The summed E-state index contributed by atoms with van der Waals surface area (Å²) in [6, 6.07) is 15.8. The number of halogens is 1. The van der Waals surface area contributed by atoms with Crippen LogP contribution in [0.4, 0.5) is 16.2 Å². The standard InChI is InChI=1S/C17H18BrN3O2/c18-13-1-3-14(4-2-13)20-9-11-21(12-10-20)15-5-7-16(8-6-15)23-17(19)22/h1-8H,9-12H2,(H2,19,22). The molecule has 2 N–H and O–H groups in total. The molecule has 1 aliphatic heterocycles. The Kier molecular flexibility index (Phi) is 4.71. The van der Waals surface area contributed by atoms with Gasteiger partial charge in [-0.2, -0.15) is 0 Å². The van der Waals surface area contributed by atoms with Crippen molar-refractivity contribution in [3.8, 4) is 5.75 Å². The second kappa shape index (κ2) is 6.91. The van der Waals surface area contributed by atoms with E-state index in [1.807, 2.05) is 12.1 Å². The molecule has 1 fully saturated rings. The number of piperazine rings is 1. The van der Waals surface area contributed by atoms with Gasteiger partial charge >= 0.3 is 6.09 Å². The number of amides is 1. The summed E-state index contributed by atoms with van der Waals surface area (Å²) in [7, 11) is 0. The number of carbonyl (C=O) groups is 1. The summed E-state index contributed by atoms with van der Waals surface area (Å²) in [5, 5.41) is 0. The molecule has 0 aromatic heterocycles. The molecule has 0 unspecified atom stereocenters. The average molecular weight is 376 g/mol. The molecule has 0 spiro atoms. The van der Waals surface area contributed by atoms with E-state index in [2.05, 4.69) is 50.0 Å². The van der Waals surface area contributed by atoms with Gasteiger partial charge in [0.05, 0.1) is 0 Å². The second-order valence-electron chi connectivity index (χ2n) is 5.37. The molecule has 2 aromatic rings. The Labute approximate surface area is 143 Å². The summed E-state index contributed by atoms with van der Waals surface area (Å²) in [5.41, 5.74) is 7.38. The average Bonchev–Trinajstić information content (AvgIpc) is 2.56. The first-order chi connectivity index (χ1) is 11.1. The minimum Gasteiger partial charge on any atom is -0.411 e. The molecule has 120 valence electrons. The molecule has 23 heavy (non-hydrogen) atoms. The van der Waals surface area contributed by atoms with Gasteiger partial charge in [-0.1, -0.05) is 15.9 Å². The first-order valence-corrected chi connectivity index (χ1v) is 8.24. The molecule has 1 aliphatic rings. The van der Waals surface area contributed by atoms with Gasteiger partial charge in [-0.15, -0.1) is 0 Å². The molecule has 2 aromatic carbocycles. The molecule has 1 saturated heterocycles. The number of carbonyl (C=O) groups excluding carboxylic acids is 1. The lowest BCUT2D eigenvalue weighted by Crippen LogP contribution is -2.46. The smallest absolute Gasteiger partial charge is 0.409 e. The summed E-state index contributed by atoms with van der Waals surface area (Å²) in [4.78, 5) is 15.4. The Morgan fingerprint density at radius 1 is 0.870 bits per heavy atom. The quantitative estimate of drug-likeness (QED) is 0.894. The Hall–Kier alpha value is -2.21. The maximum absolute atomic E-state index is 10.7. The fourth-order valence-corrected chi connectivity index (χ4v) is 2.98. The third kappa shape index (κ3) is 3.96. The van der Waals surface area contributed by atoms with Crippen LogP contribution in [0.2, 0.25) is 0 Å². The number of rotatable bonds is 3. The van der Waals surface area contributed by atoms with E-state index in [1.165, 1.54) is 5.69 Å². The van der Waals surface area contributed by atoms with Crippen molar-refractivity contribution in [2.45, 2.75) is 0 Å². The highest BCUT2D eigenvalue weighted by atomic mass is 79.9. The maximum atomic E-state index is 10.7. The Balaban J connectivity index is 1.60. The number of ether oxygens (including phenoxy) is 1. The number of nitrogens with two attached hydrogens (primary N) is 1. The minimum absolute atomic E-state index is 0.467. The van der Waals surface area contributed by atoms with E-state index in [-0.39, 0.29) is 0 Å². The molecular formula is C17H18BrN3O2. The third-order valence-corrected chi connectivity index (χ3v) is 4.42. The SMILES string of the molecule is NC(=O)Oc1ccc(N2CCN(c3ccc(Br)cc3)CC2)cc1. The molecular weight excluding hydrogens is 358 g/mol. The number of hydrogen-bond donors (Lipinski definition) is 1. The fourth-order valence-electron chi connectivity index (χ4n) is 2.72. The number of nitrogens with zero attached hydrogens (tertiary/aromatic N) is 2. The van der Waals surface area contributed by atoms with Crippen molar-refractivity contribution in [3.63, 3.8) is 0 Å². The zero-order valence-corrected chi connectivity index (χ0v) is 14.2. The van der Waals surface area contributed by atoms with Crippen molar-refractivity contribution >= 4 is 33.4 Å². The summed E-state index contributed by atoms with van der Waals surface area (Å²) in [6.07, 6.45) is -0.791. The Morgan fingerprint density at radius 2 is 1.30 bits per heavy atom. The molecule has 3 rings (SSSR count). The minimum atomic E-state index is -0.791. The van der Waals surface area contributed by atoms with Gasteiger partial charge in [0, 0.05) is 42.0 Å². The molecule has 0 radical (unpaired) electrons. The molecule has 1 amide bonds. The van der Waals surface area contributed by atoms with Gasteiger partial charge in [0.15, 0.2) is 0 Å². The van der Waals surface area contributed by atoms with Gasteiger partial charge in [0.2, 0.25) is 0 Å². The zero-order chi connectivity index (χ0) is 16.2. The fraction of sp³-hybridized carbons (Fsp3) is 0.235. The maximum Gasteiger partial charge on any atom is 0.409 e. The second-order valence-corrected chi connectivity index (χ2v) is 6.28. The summed E-state index contributed by atoms with van der Waals surface area (Å²) in [5.74, 6) is 0.467. The van der Waals surface area contributed by atoms with Crippen molar-refractivity contribution in [3.05, 3.63) is 53.0 Å². The van der Waals surface area contributed by atoms with E-state index in [0.717, 1.165) is 36.3 Å². The molecule has 0 bridgehead atoms. The highest BCUT2D eigenvalue weighted by Gasteiger charge is 2.17. The Bertz CT molecular complexity index is 665. The summed E-state index contributed by atoms with van der Waals surface area (Å²) >= 11 is 3.46. The van der Waals surface area contributed by atoms with Crippen LogP contribution in [0.15, 0.2) is 53.0 Å². The molecule has 6 heteroatoms. The normalized spacial score (nSPS) is 14.7. The van der Waals surface area contributed by atoms with Gasteiger partial charge < -0.3 is 20.3 Å². The van der Waals surface area contributed by atoms with Gasteiger partial charge in [0.1, 0.15) is 5.75 Å². The molecule has 0 atom stereocenters. The van der Waals surface area contributed by atoms with Crippen molar-refractivity contribution in [2.24, 2.45) is 5.73 Å². The van der Waals surface area contributed by atoms with Crippen LogP contribution in [0.3, 0.4) is 0 Å². The summed E-state index contributed by atoms with van der Waals surface area (Å²) in [6.45, 7) is 3.85. The van der Waals surface area contributed by atoms with Gasteiger partial charge in [-0.3, -0.25) is 0 Å². The molecule has 0 aliphatic carbocycles. The Morgan fingerprint density at radius 3 is 1.74 bits per heavy atom. The lowest BCUT2D eigenvalue weighted by molar-refractivity contribution is 0.211. The largest absolute Gasteiger partial charge is 0.411 e. The van der Waals surface area contributed by atoms with E-state index < -0.39 is 6.09 Å². The van der Waals surface area contributed by atoms with E-state index in [0.29, 0.717) is 5.75 Å². The number of primary amides is 1. The van der Waals surface area contributed by atoms with Crippen LogP contribution in [0.5, 0.6) is 5.75 Å². The van der Waals surface area contributed by atoms with Crippen LogP contribution >= 0.6 is 15.9 Å². The van der Waals surface area contributed by atoms with Crippen LogP contribution in [0.25, 0.3) is 0 Å². The van der Waals surface area contributed by atoms with Crippen molar-refractivity contribution < 1.29 is 9.53 Å². The van der Waals surface area contributed by atoms with Crippen LogP contribution in [0.1, 0.15) is 0 Å².